The van der Waals surface area contributed by atoms with E-state index in [1.165, 1.54) is 0 Å². The lowest BCUT2D eigenvalue weighted by molar-refractivity contribution is 0.689. The largest absolute Gasteiger partial charge is 0.384 e. The molecule has 0 bridgehead atoms. The van der Waals surface area contributed by atoms with E-state index in [0.717, 1.165) is 5.56 Å². The molecule has 0 aromatic carbocycles. The molecule has 1 aromatic heterocycles. The summed E-state index contributed by atoms with van der Waals surface area (Å²) in [5, 5.41) is 0. The summed E-state index contributed by atoms with van der Waals surface area (Å²) >= 11 is 0. The van der Waals surface area contributed by atoms with E-state index in [0.29, 0.717) is 11.6 Å². The van der Waals surface area contributed by atoms with Crippen LogP contribution in [0.1, 0.15) is 5.56 Å². The molecular formula is C7H11N3OS. The number of hydrogen-bond acceptors (Lipinski definition) is 3. The summed E-state index contributed by atoms with van der Waals surface area (Å²) in [6.07, 6.45) is 1.54. The first-order valence-electron chi connectivity index (χ1n) is 3.42. The third-order valence-corrected chi connectivity index (χ3v) is 1.73. The van der Waals surface area contributed by atoms with Gasteiger partial charge in [-0.15, -0.1) is 0 Å². The van der Waals surface area contributed by atoms with E-state index in [1.807, 2.05) is 6.92 Å². The highest BCUT2D eigenvalue weighted by molar-refractivity contribution is 7.85. The number of anilines is 2. The van der Waals surface area contributed by atoms with Gasteiger partial charge in [0.25, 0.3) is 0 Å². The van der Waals surface area contributed by atoms with Crippen LogP contribution in [0.4, 0.5) is 11.6 Å². The lowest BCUT2D eigenvalue weighted by Crippen LogP contribution is -2.04. The third-order valence-electron chi connectivity index (χ3n) is 1.24. The predicted octanol–water partition coefficient (Wildman–Crippen LogP) is 0.678. The summed E-state index contributed by atoms with van der Waals surface area (Å²) in [7, 11) is -1.10. The Morgan fingerprint density at radius 2 is 2.25 bits per heavy atom. The van der Waals surface area contributed by atoms with E-state index >= 15 is 0 Å². The monoisotopic (exact) mass is 185 g/mol. The Hall–Kier alpha value is -1.10. The molecule has 12 heavy (non-hydrogen) atoms. The molecule has 0 amide bonds. The average Bonchev–Trinajstić information content (AvgIpc) is 1.81. The van der Waals surface area contributed by atoms with Crippen LogP contribution in [0.3, 0.4) is 0 Å². The van der Waals surface area contributed by atoms with Gasteiger partial charge in [-0.05, 0) is 24.6 Å². The highest BCUT2D eigenvalue weighted by Crippen LogP contribution is 2.10. The quantitative estimate of drug-likeness (QED) is 0.711. The number of aromatic nitrogens is 1. The van der Waals surface area contributed by atoms with E-state index in [4.69, 9.17) is 5.73 Å². The van der Waals surface area contributed by atoms with Crippen LogP contribution in [0.5, 0.6) is 0 Å². The van der Waals surface area contributed by atoms with Crippen LogP contribution in [0.25, 0.3) is 0 Å². The van der Waals surface area contributed by atoms with E-state index < -0.39 is 11.0 Å². The molecule has 1 unspecified atom stereocenters. The van der Waals surface area contributed by atoms with Gasteiger partial charge in [0, 0.05) is 6.26 Å². The fraction of sp³-hybridized carbons (Fsp3) is 0.286. The molecule has 5 heteroatoms. The zero-order chi connectivity index (χ0) is 9.14. The van der Waals surface area contributed by atoms with Gasteiger partial charge in [0.2, 0.25) is 0 Å². The van der Waals surface area contributed by atoms with E-state index in [2.05, 4.69) is 9.71 Å². The number of nitrogens with two attached hydrogens (primary N) is 1. The molecule has 0 saturated carbocycles. The Morgan fingerprint density at radius 3 is 2.75 bits per heavy atom. The van der Waals surface area contributed by atoms with Crippen LogP contribution in [-0.2, 0) is 11.0 Å². The number of nitrogen functional groups attached to an aromatic ring is 1. The van der Waals surface area contributed by atoms with Gasteiger partial charge in [-0.3, -0.25) is 4.72 Å². The van der Waals surface area contributed by atoms with Crippen molar-refractivity contribution in [2.45, 2.75) is 6.92 Å². The van der Waals surface area contributed by atoms with Gasteiger partial charge >= 0.3 is 0 Å². The van der Waals surface area contributed by atoms with Crippen molar-refractivity contribution in [1.29, 1.82) is 0 Å². The molecule has 0 fully saturated rings. The van der Waals surface area contributed by atoms with Crippen molar-refractivity contribution in [2.75, 3.05) is 16.7 Å². The summed E-state index contributed by atoms with van der Waals surface area (Å²) in [6, 6.07) is 3.54. The molecule has 0 radical (unpaired) electrons. The maximum absolute atomic E-state index is 10.8. The van der Waals surface area contributed by atoms with Gasteiger partial charge in [0.1, 0.15) is 22.6 Å². The van der Waals surface area contributed by atoms with Crippen molar-refractivity contribution >= 4 is 22.6 Å². The van der Waals surface area contributed by atoms with Gasteiger partial charge in [-0.1, -0.05) is 0 Å². The number of pyridine rings is 1. The first-order chi connectivity index (χ1) is 5.58. The second kappa shape index (κ2) is 3.53. The molecule has 0 aliphatic rings. The summed E-state index contributed by atoms with van der Waals surface area (Å²) in [5.74, 6) is 0.983. The first-order valence-corrected chi connectivity index (χ1v) is 4.98. The number of nitrogens with one attached hydrogen (secondary N) is 1. The normalized spacial score (nSPS) is 12.5. The number of nitrogens with zero attached hydrogens (tertiary/aromatic N) is 1. The summed E-state index contributed by atoms with van der Waals surface area (Å²) in [6.45, 7) is 1.90. The molecule has 1 aromatic rings. The fourth-order valence-electron chi connectivity index (χ4n) is 0.894. The fourth-order valence-corrected chi connectivity index (χ4v) is 1.29. The molecule has 0 spiro atoms. The summed E-state index contributed by atoms with van der Waals surface area (Å²) < 4.78 is 13.4. The van der Waals surface area contributed by atoms with Crippen molar-refractivity contribution in [3.63, 3.8) is 0 Å². The van der Waals surface area contributed by atoms with Crippen molar-refractivity contribution < 1.29 is 4.21 Å². The standard InChI is InChI=1S/C7H11N3OS/c1-5-3-6(8)9-7(4-5)10-12(2)11/h3-4H,1-2H3,(H3,8,9,10). The highest BCUT2D eigenvalue weighted by Gasteiger charge is 1.97. The van der Waals surface area contributed by atoms with Crippen LogP contribution < -0.4 is 10.5 Å². The van der Waals surface area contributed by atoms with Crippen LogP contribution in [0, 0.1) is 6.92 Å². The maximum Gasteiger partial charge on any atom is 0.140 e. The molecule has 0 aliphatic heterocycles. The number of hydrogen-bond donors (Lipinski definition) is 2. The lowest BCUT2D eigenvalue weighted by Gasteiger charge is -2.03. The highest BCUT2D eigenvalue weighted by atomic mass is 32.2. The molecule has 66 valence electrons. The van der Waals surface area contributed by atoms with Crippen molar-refractivity contribution in [1.82, 2.24) is 4.98 Å². The Balaban J connectivity index is 2.93. The smallest absolute Gasteiger partial charge is 0.140 e. The van der Waals surface area contributed by atoms with Crippen LogP contribution in [-0.4, -0.2) is 15.4 Å². The van der Waals surface area contributed by atoms with Crippen LogP contribution in [0.15, 0.2) is 12.1 Å². The van der Waals surface area contributed by atoms with Crippen LogP contribution in [0.2, 0.25) is 0 Å². The van der Waals surface area contributed by atoms with Gasteiger partial charge in [-0.25, -0.2) is 9.19 Å². The number of rotatable bonds is 2. The SMILES string of the molecule is Cc1cc(N)nc(NS(C)=O)c1. The van der Waals surface area contributed by atoms with E-state index in [-0.39, 0.29) is 0 Å². The topological polar surface area (TPSA) is 68.0 Å². The Kier molecular flexibility index (Phi) is 2.65. The molecule has 1 heterocycles. The third kappa shape index (κ3) is 2.50. The minimum absolute atomic E-state index is 0.433. The average molecular weight is 185 g/mol. The van der Waals surface area contributed by atoms with Crippen molar-refractivity contribution in [3.05, 3.63) is 17.7 Å². The van der Waals surface area contributed by atoms with E-state index in [1.54, 1.807) is 18.4 Å². The zero-order valence-corrected chi connectivity index (χ0v) is 7.81. The Morgan fingerprint density at radius 1 is 1.58 bits per heavy atom. The minimum Gasteiger partial charge on any atom is -0.384 e. The van der Waals surface area contributed by atoms with Crippen molar-refractivity contribution in [2.24, 2.45) is 0 Å². The molecule has 0 saturated heterocycles. The van der Waals surface area contributed by atoms with Gasteiger partial charge in [0.05, 0.1) is 0 Å². The molecule has 3 N–H and O–H groups in total. The number of aryl methyl sites for hydroxylation is 1. The van der Waals surface area contributed by atoms with Crippen LogP contribution >= 0.6 is 0 Å². The molecule has 0 aliphatic carbocycles. The van der Waals surface area contributed by atoms with E-state index in [9.17, 15) is 4.21 Å². The predicted molar refractivity (Wildman–Crippen MR) is 51.1 cm³/mol. The molecule has 4 nitrogen and oxygen atoms in total. The Labute approximate surface area is 73.8 Å². The Bertz CT molecular complexity index is 293. The molecule has 1 rings (SSSR count). The van der Waals surface area contributed by atoms with Gasteiger partial charge in [0.15, 0.2) is 0 Å². The summed E-state index contributed by atoms with van der Waals surface area (Å²) in [5.41, 5.74) is 6.48. The summed E-state index contributed by atoms with van der Waals surface area (Å²) in [4.78, 5) is 3.95. The maximum atomic E-state index is 10.8. The molecular weight excluding hydrogens is 174 g/mol. The minimum atomic E-state index is -1.10. The zero-order valence-electron chi connectivity index (χ0n) is 7.00. The van der Waals surface area contributed by atoms with Gasteiger partial charge in [-0.2, -0.15) is 0 Å². The second-order valence-electron chi connectivity index (χ2n) is 2.51. The van der Waals surface area contributed by atoms with Crippen molar-refractivity contribution in [3.8, 4) is 0 Å². The second-order valence-corrected chi connectivity index (χ2v) is 3.62. The first kappa shape index (κ1) is 8.99. The van der Waals surface area contributed by atoms with Gasteiger partial charge < -0.3 is 5.73 Å². The lowest BCUT2D eigenvalue weighted by atomic mass is 10.3. The molecule has 1 atom stereocenters.